The van der Waals surface area contributed by atoms with Crippen molar-refractivity contribution in [3.05, 3.63) is 96.2 Å². The maximum absolute atomic E-state index is 13.1. The number of fused-ring (bicyclic) bond motifs is 2. The second-order valence-corrected chi connectivity index (χ2v) is 6.77. The highest BCUT2D eigenvalue weighted by Crippen LogP contribution is 2.24. The van der Waals surface area contributed by atoms with Crippen LogP contribution < -0.4 is 5.32 Å². The number of pyridine rings is 1. The van der Waals surface area contributed by atoms with E-state index in [-0.39, 0.29) is 11.5 Å². The van der Waals surface area contributed by atoms with Crippen molar-refractivity contribution >= 4 is 33.4 Å². The number of hydrogen-bond acceptors (Lipinski definition) is 4. The smallest absolute Gasteiger partial charge is 0.257 e. The van der Waals surface area contributed by atoms with Crippen LogP contribution in [0.25, 0.3) is 27.5 Å². The second-order valence-electron chi connectivity index (χ2n) is 6.77. The lowest BCUT2D eigenvalue weighted by molar-refractivity contribution is 0.102. The Hall–Kier alpha value is -4.50. The predicted octanol–water partition coefficient (Wildman–Crippen LogP) is 4.70. The van der Waals surface area contributed by atoms with Gasteiger partial charge in [0, 0.05) is 10.9 Å². The van der Waals surface area contributed by atoms with Crippen molar-refractivity contribution in [1.82, 2.24) is 14.8 Å². The number of amides is 1. The Morgan fingerprint density at radius 3 is 2.53 bits per heavy atom. The molecule has 0 spiro atoms. The second kappa shape index (κ2) is 7.15. The molecule has 0 saturated heterocycles. The molecule has 142 valence electrons. The van der Waals surface area contributed by atoms with Crippen molar-refractivity contribution in [2.24, 2.45) is 0 Å². The maximum Gasteiger partial charge on any atom is 0.257 e. The number of nitriles is 1. The molecule has 0 aliphatic rings. The van der Waals surface area contributed by atoms with Gasteiger partial charge in [0.25, 0.3) is 5.91 Å². The monoisotopic (exact) mass is 389 g/mol. The average Bonchev–Trinajstić information content (AvgIpc) is 3.20. The van der Waals surface area contributed by atoms with E-state index in [1.165, 1.54) is 10.9 Å². The van der Waals surface area contributed by atoms with E-state index >= 15 is 0 Å². The summed E-state index contributed by atoms with van der Waals surface area (Å²) in [5, 5.41) is 19.5. The van der Waals surface area contributed by atoms with E-state index in [1.54, 1.807) is 6.07 Å². The van der Waals surface area contributed by atoms with Gasteiger partial charge in [0.05, 0.1) is 11.7 Å². The highest BCUT2D eigenvalue weighted by molar-refractivity contribution is 6.13. The van der Waals surface area contributed by atoms with Gasteiger partial charge in [0.1, 0.15) is 11.6 Å². The molecular weight excluding hydrogens is 374 g/mol. The third kappa shape index (κ3) is 2.95. The summed E-state index contributed by atoms with van der Waals surface area (Å²) < 4.78 is 1.48. The molecule has 0 saturated carbocycles. The van der Waals surface area contributed by atoms with Crippen LogP contribution in [-0.2, 0) is 0 Å². The maximum atomic E-state index is 13.1. The molecule has 0 fully saturated rings. The number of hydrogen-bond donors (Lipinski definition) is 1. The number of benzene rings is 3. The minimum absolute atomic E-state index is 0.263. The van der Waals surface area contributed by atoms with Crippen LogP contribution in [0.3, 0.4) is 0 Å². The van der Waals surface area contributed by atoms with E-state index in [0.29, 0.717) is 17.2 Å². The summed E-state index contributed by atoms with van der Waals surface area (Å²) in [5.41, 5.74) is 1.59. The molecule has 2 heterocycles. The number of aromatic nitrogens is 3. The van der Waals surface area contributed by atoms with Crippen molar-refractivity contribution in [2.45, 2.75) is 0 Å². The van der Waals surface area contributed by atoms with Gasteiger partial charge in [0.2, 0.25) is 0 Å². The van der Waals surface area contributed by atoms with E-state index in [2.05, 4.69) is 21.5 Å². The van der Waals surface area contributed by atoms with Crippen molar-refractivity contribution in [3.8, 4) is 11.9 Å². The molecule has 30 heavy (non-hydrogen) atoms. The number of anilines is 1. The summed E-state index contributed by atoms with van der Waals surface area (Å²) in [4.78, 5) is 17.7. The summed E-state index contributed by atoms with van der Waals surface area (Å²) in [6.07, 6.45) is 1.43. The molecule has 6 heteroatoms. The first-order valence-corrected chi connectivity index (χ1v) is 9.38. The highest BCUT2D eigenvalue weighted by Gasteiger charge is 2.18. The lowest BCUT2D eigenvalue weighted by Crippen LogP contribution is -2.16. The number of carbonyl (C=O) groups excluding carboxylic acids is 1. The van der Waals surface area contributed by atoms with Gasteiger partial charge < -0.3 is 5.32 Å². The molecule has 0 aliphatic heterocycles. The number of para-hydroxylation sites is 1. The summed E-state index contributed by atoms with van der Waals surface area (Å²) in [7, 11) is 0. The fourth-order valence-corrected chi connectivity index (χ4v) is 3.50. The van der Waals surface area contributed by atoms with Gasteiger partial charge in [-0.25, -0.2) is 4.98 Å². The van der Waals surface area contributed by atoms with Gasteiger partial charge in [-0.05, 0) is 35.0 Å². The van der Waals surface area contributed by atoms with Crippen LogP contribution in [0.15, 0.2) is 85.1 Å². The number of nitrogens with zero attached hydrogens (tertiary/aromatic N) is 4. The standard InChI is InChI=1S/C24H15N5O/c25-14-18-15-26-29(22-13-12-17-7-2-4-11-21(17)27-22)23(18)28-24(30)20-10-5-8-16-6-1-3-9-19(16)20/h1-13,15H,(H,28,30). The van der Waals surface area contributed by atoms with Gasteiger partial charge >= 0.3 is 0 Å². The SMILES string of the molecule is N#Cc1cnn(-c2ccc3ccccc3n2)c1NC(=O)c1cccc2ccccc12. The number of nitrogens with one attached hydrogen (secondary N) is 1. The zero-order valence-corrected chi connectivity index (χ0v) is 15.8. The molecule has 6 nitrogen and oxygen atoms in total. The van der Waals surface area contributed by atoms with Crippen LogP contribution in [0.4, 0.5) is 5.82 Å². The molecule has 3 aromatic carbocycles. The van der Waals surface area contributed by atoms with Gasteiger partial charge in [-0.3, -0.25) is 4.79 Å². The molecule has 0 aliphatic carbocycles. The van der Waals surface area contributed by atoms with Crippen LogP contribution in [0.5, 0.6) is 0 Å². The molecule has 2 aromatic heterocycles. The normalized spacial score (nSPS) is 10.8. The van der Waals surface area contributed by atoms with Crippen molar-refractivity contribution < 1.29 is 4.79 Å². The largest absolute Gasteiger partial charge is 0.305 e. The predicted molar refractivity (Wildman–Crippen MR) is 115 cm³/mol. The van der Waals surface area contributed by atoms with Crippen LogP contribution in [0.1, 0.15) is 15.9 Å². The zero-order chi connectivity index (χ0) is 20.5. The Bertz CT molecular complexity index is 1460. The Labute approximate surface area is 172 Å². The van der Waals surface area contributed by atoms with Gasteiger partial charge in [0.15, 0.2) is 11.6 Å². The lowest BCUT2D eigenvalue weighted by atomic mass is 10.0. The van der Waals surface area contributed by atoms with Crippen molar-refractivity contribution in [3.63, 3.8) is 0 Å². The van der Waals surface area contributed by atoms with Gasteiger partial charge in [-0.2, -0.15) is 15.0 Å². The van der Waals surface area contributed by atoms with E-state index in [4.69, 9.17) is 0 Å². The number of carbonyl (C=O) groups is 1. The summed E-state index contributed by atoms with van der Waals surface area (Å²) in [6, 6.07) is 26.8. The Morgan fingerprint density at radius 2 is 1.67 bits per heavy atom. The van der Waals surface area contributed by atoms with Crippen molar-refractivity contribution in [2.75, 3.05) is 5.32 Å². The van der Waals surface area contributed by atoms with E-state index in [0.717, 1.165) is 21.7 Å². The molecule has 0 bridgehead atoms. The minimum Gasteiger partial charge on any atom is -0.305 e. The van der Waals surface area contributed by atoms with Crippen LogP contribution in [0.2, 0.25) is 0 Å². The molecule has 1 N–H and O–H groups in total. The zero-order valence-electron chi connectivity index (χ0n) is 15.8. The van der Waals surface area contributed by atoms with Crippen molar-refractivity contribution in [1.29, 1.82) is 5.26 Å². The van der Waals surface area contributed by atoms with E-state index in [1.807, 2.05) is 72.8 Å². The van der Waals surface area contributed by atoms with Crippen LogP contribution in [-0.4, -0.2) is 20.7 Å². The molecular formula is C24H15N5O. The summed E-state index contributed by atoms with van der Waals surface area (Å²) >= 11 is 0. The fourth-order valence-electron chi connectivity index (χ4n) is 3.50. The first-order chi connectivity index (χ1) is 14.7. The molecule has 0 atom stereocenters. The molecule has 5 aromatic rings. The topological polar surface area (TPSA) is 83.6 Å². The van der Waals surface area contributed by atoms with E-state index in [9.17, 15) is 10.1 Å². The molecule has 1 amide bonds. The Kier molecular flexibility index (Phi) is 4.19. The summed E-state index contributed by atoms with van der Waals surface area (Å²) in [6.45, 7) is 0. The highest BCUT2D eigenvalue weighted by atomic mass is 16.1. The molecule has 5 rings (SSSR count). The van der Waals surface area contributed by atoms with Gasteiger partial charge in [-0.15, -0.1) is 0 Å². The summed E-state index contributed by atoms with van der Waals surface area (Å²) in [5.74, 6) is 0.493. The third-order valence-corrected chi connectivity index (χ3v) is 4.96. The minimum atomic E-state index is -0.314. The lowest BCUT2D eigenvalue weighted by Gasteiger charge is -2.11. The van der Waals surface area contributed by atoms with Crippen LogP contribution in [0, 0.1) is 11.3 Å². The molecule has 0 unspecified atom stereocenters. The Balaban J connectivity index is 1.58. The third-order valence-electron chi connectivity index (χ3n) is 4.96. The van der Waals surface area contributed by atoms with Crippen LogP contribution >= 0.6 is 0 Å². The fraction of sp³-hybridized carbons (Fsp3) is 0. The Morgan fingerprint density at radius 1 is 0.900 bits per heavy atom. The average molecular weight is 389 g/mol. The quantitative estimate of drug-likeness (QED) is 0.485. The van der Waals surface area contributed by atoms with Gasteiger partial charge in [-0.1, -0.05) is 54.6 Å². The van der Waals surface area contributed by atoms with E-state index < -0.39 is 0 Å². The molecule has 0 radical (unpaired) electrons. The first kappa shape index (κ1) is 17.6. The first-order valence-electron chi connectivity index (χ1n) is 9.38. The number of rotatable bonds is 3.